The van der Waals surface area contributed by atoms with E-state index < -0.39 is 0 Å². The Labute approximate surface area is 61.6 Å². The number of hydrogen-bond acceptors (Lipinski definition) is 2. The molecule has 0 amide bonds. The van der Waals surface area contributed by atoms with Crippen LogP contribution in [0.2, 0.25) is 0 Å². The average Bonchev–Trinajstić information content (AvgIpc) is 2.30. The van der Waals surface area contributed by atoms with Crippen LogP contribution in [0.3, 0.4) is 0 Å². The molecule has 2 aliphatic rings. The number of fused-ring (bicyclic) bond motifs is 2. The Balaban J connectivity index is 1.96. The predicted octanol–water partition coefficient (Wildman–Crippen LogP) is 0.509. The van der Waals surface area contributed by atoms with Crippen molar-refractivity contribution in [2.24, 2.45) is 5.92 Å². The van der Waals surface area contributed by atoms with E-state index in [0.717, 1.165) is 12.1 Å². The van der Waals surface area contributed by atoms with E-state index in [4.69, 9.17) is 5.11 Å². The maximum Gasteiger partial charge on any atom is 0.0460 e. The molecular formula is C8H15NO. The molecule has 0 spiro atoms. The zero-order chi connectivity index (χ0) is 6.97. The predicted molar refractivity (Wildman–Crippen MR) is 39.8 cm³/mol. The van der Waals surface area contributed by atoms with Crippen molar-refractivity contribution in [3.05, 3.63) is 0 Å². The van der Waals surface area contributed by atoms with Gasteiger partial charge < -0.3 is 10.4 Å². The SMILES string of the molecule is OC[C@H]1CC2CC[C@H](C1)N2. The topological polar surface area (TPSA) is 32.3 Å². The molecule has 2 bridgehead atoms. The first-order valence-electron chi connectivity index (χ1n) is 4.25. The molecule has 2 rings (SSSR count). The van der Waals surface area contributed by atoms with Crippen molar-refractivity contribution >= 4 is 0 Å². The number of aliphatic hydroxyl groups excluding tert-OH is 1. The van der Waals surface area contributed by atoms with E-state index in [2.05, 4.69) is 5.32 Å². The van der Waals surface area contributed by atoms with Crippen LogP contribution in [0.25, 0.3) is 0 Å². The van der Waals surface area contributed by atoms with Crippen LogP contribution in [0, 0.1) is 5.92 Å². The number of nitrogens with one attached hydrogen (secondary N) is 1. The summed E-state index contributed by atoms with van der Waals surface area (Å²) < 4.78 is 0. The molecule has 2 N–H and O–H groups in total. The highest BCUT2D eigenvalue weighted by molar-refractivity contribution is 4.91. The maximum absolute atomic E-state index is 8.93. The van der Waals surface area contributed by atoms with E-state index in [9.17, 15) is 0 Å². The van der Waals surface area contributed by atoms with Gasteiger partial charge in [0.05, 0.1) is 0 Å². The molecule has 10 heavy (non-hydrogen) atoms. The van der Waals surface area contributed by atoms with Gasteiger partial charge in [0.15, 0.2) is 0 Å². The molecule has 0 aliphatic carbocycles. The lowest BCUT2D eigenvalue weighted by Gasteiger charge is -2.27. The van der Waals surface area contributed by atoms with Crippen LogP contribution in [-0.2, 0) is 0 Å². The second-order valence-corrected chi connectivity index (χ2v) is 3.66. The van der Waals surface area contributed by atoms with Crippen molar-refractivity contribution in [3.63, 3.8) is 0 Å². The van der Waals surface area contributed by atoms with E-state index in [1.54, 1.807) is 0 Å². The Kier molecular flexibility index (Phi) is 1.66. The molecule has 0 saturated carbocycles. The van der Waals surface area contributed by atoms with Crippen LogP contribution < -0.4 is 5.32 Å². The molecule has 2 aliphatic heterocycles. The molecule has 0 aromatic rings. The Morgan fingerprint density at radius 3 is 2.30 bits per heavy atom. The maximum atomic E-state index is 8.93. The third-order valence-corrected chi connectivity index (χ3v) is 2.83. The first kappa shape index (κ1) is 6.62. The molecule has 2 heteroatoms. The molecule has 1 unspecified atom stereocenters. The monoisotopic (exact) mass is 141 g/mol. The van der Waals surface area contributed by atoms with Crippen molar-refractivity contribution < 1.29 is 5.11 Å². The standard InChI is InChI=1S/C8H15NO/c10-5-6-3-7-1-2-8(4-6)9-7/h6-10H,1-5H2/t6-,7-,8?/m1/s1. The number of rotatable bonds is 1. The molecule has 0 radical (unpaired) electrons. The molecule has 2 heterocycles. The van der Waals surface area contributed by atoms with E-state index in [-0.39, 0.29) is 0 Å². The van der Waals surface area contributed by atoms with E-state index in [1.807, 2.05) is 0 Å². The molecule has 58 valence electrons. The van der Waals surface area contributed by atoms with Gasteiger partial charge in [0.1, 0.15) is 0 Å². The van der Waals surface area contributed by atoms with Crippen molar-refractivity contribution in [3.8, 4) is 0 Å². The zero-order valence-corrected chi connectivity index (χ0v) is 6.21. The largest absolute Gasteiger partial charge is 0.396 e. The third kappa shape index (κ3) is 1.06. The fraction of sp³-hybridized carbons (Fsp3) is 1.00. The molecule has 2 fully saturated rings. The number of hydrogen-bond donors (Lipinski definition) is 2. The Morgan fingerprint density at radius 1 is 1.20 bits per heavy atom. The number of piperidine rings is 1. The lowest BCUT2D eigenvalue weighted by atomic mass is 9.93. The Morgan fingerprint density at radius 2 is 1.80 bits per heavy atom. The smallest absolute Gasteiger partial charge is 0.0460 e. The van der Waals surface area contributed by atoms with Crippen LogP contribution in [-0.4, -0.2) is 23.8 Å². The summed E-state index contributed by atoms with van der Waals surface area (Å²) in [4.78, 5) is 0. The molecular weight excluding hydrogens is 126 g/mol. The molecule has 2 saturated heterocycles. The molecule has 0 aromatic heterocycles. The second-order valence-electron chi connectivity index (χ2n) is 3.66. The Bertz CT molecular complexity index is 114. The molecule has 0 aromatic carbocycles. The van der Waals surface area contributed by atoms with Crippen molar-refractivity contribution in [1.82, 2.24) is 5.32 Å². The second kappa shape index (κ2) is 2.51. The summed E-state index contributed by atoms with van der Waals surface area (Å²) >= 11 is 0. The highest BCUT2D eigenvalue weighted by Gasteiger charge is 2.32. The van der Waals surface area contributed by atoms with Gasteiger partial charge in [0.2, 0.25) is 0 Å². The van der Waals surface area contributed by atoms with Gasteiger partial charge in [-0.1, -0.05) is 0 Å². The first-order valence-corrected chi connectivity index (χ1v) is 4.25. The third-order valence-electron chi connectivity index (χ3n) is 2.83. The Hall–Kier alpha value is -0.0800. The van der Waals surface area contributed by atoms with Crippen LogP contribution in [0.1, 0.15) is 25.7 Å². The summed E-state index contributed by atoms with van der Waals surface area (Å²) in [5.41, 5.74) is 0. The van der Waals surface area contributed by atoms with Gasteiger partial charge in [0.25, 0.3) is 0 Å². The number of aliphatic hydroxyl groups is 1. The van der Waals surface area contributed by atoms with E-state index >= 15 is 0 Å². The molecule has 2 nitrogen and oxygen atoms in total. The first-order chi connectivity index (χ1) is 4.88. The summed E-state index contributed by atoms with van der Waals surface area (Å²) in [6.07, 6.45) is 5.07. The minimum atomic E-state index is 0.398. The van der Waals surface area contributed by atoms with E-state index in [0.29, 0.717) is 12.5 Å². The fourth-order valence-electron chi connectivity index (χ4n) is 2.32. The van der Waals surface area contributed by atoms with Gasteiger partial charge in [-0.3, -0.25) is 0 Å². The van der Waals surface area contributed by atoms with Crippen molar-refractivity contribution in [1.29, 1.82) is 0 Å². The lowest BCUT2D eigenvalue weighted by Crippen LogP contribution is -2.38. The van der Waals surface area contributed by atoms with Crippen LogP contribution in [0.4, 0.5) is 0 Å². The van der Waals surface area contributed by atoms with Gasteiger partial charge in [-0.05, 0) is 31.6 Å². The summed E-state index contributed by atoms with van der Waals surface area (Å²) in [5, 5.41) is 12.5. The van der Waals surface area contributed by atoms with Crippen LogP contribution >= 0.6 is 0 Å². The summed E-state index contributed by atoms with van der Waals surface area (Å²) in [6.45, 7) is 0.398. The minimum absolute atomic E-state index is 0.398. The quantitative estimate of drug-likeness (QED) is 0.557. The van der Waals surface area contributed by atoms with Gasteiger partial charge >= 0.3 is 0 Å². The summed E-state index contributed by atoms with van der Waals surface area (Å²) in [7, 11) is 0. The summed E-state index contributed by atoms with van der Waals surface area (Å²) in [5.74, 6) is 0.596. The average molecular weight is 141 g/mol. The van der Waals surface area contributed by atoms with Gasteiger partial charge in [-0.25, -0.2) is 0 Å². The highest BCUT2D eigenvalue weighted by atomic mass is 16.3. The van der Waals surface area contributed by atoms with Crippen molar-refractivity contribution in [2.75, 3.05) is 6.61 Å². The van der Waals surface area contributed by atoms with Crippen LogP contribution in [0.15, 0.2) is 0 Å². The minimum Gasteiger partial charge on any atom is -0.396 e. The van der Waals surface area contributed by atoms with E-state index in [1.165, 1.54) is 25.7 Å². The highest BCUT2D eigenvalue weighted by Crippen LogP contribution is 2.30. The van der Waals surface area contributed by atoms with Gasteiger partial charge in [0, 0.05) is 18.7 Å². The van der Waals surface area contributed by atoms with Crippen molar-refractivity contribution in [2.45, 2.75) is 37.8 Å². The van der Waals surface area contributed by atoms with Crippen LogP contribution in [0.5, 0.6) is 0 Å². The lowest BCUT2D eigenvalue weighted by molar-refractivity contribution is 0.174. The molecule has 3 atom stereocenters. The normalized spacial score (nSPS) is 45.9. The fourth-order valence-corrected chi connectivity index (χ4v) is 2.32. The zero-order valence-electron chi connectivity index (χ0n) is 6.21. The summed E-state index contributed by atoms with van der Waals surface area (Å²) in [6, 6.07) is 1.46. The van der Waals surface area contributed by atoms with Gasteiger partial charge in [-0.15, -0.1) is 0 Å². The van der Waals surface area contributed by atoms with Gasteiger partial charge in [-0.2, -0.15) is 0 Å².